The first-order valence-electron chi connectivity index (χ1n) is 25.4. The summed E-state index contributed by atoms with van der Waals surface area (Å²) in [5.41, 5.74) is 0. The number of hydrogen-bond donors (Lipinski definition) is 6. The molecular weight excluding hydrogens is 884 g/mol. The summed E-state index contributed by atoms with van der Waals surface area (Å²) in [5, 5.41) is 50.3. The van der Waals surface area contributed by atoms with Crippen LogP contribution in [0, 0.1) is 0 Å². The van der Waals surface area contributed by atoms with Crippen molar-refractivity contribution in [2.24, 2.45) is 0 Å². The molecule has 1 saturated carbocycles. The molecule has 386 valence electrons. The zero-order chi connectivity index (χ0) is 49.8. The van der Waals surface area contributed by atoms with E-state index in [9.17, 15) is 39.8 Å². The van der Waals surface area contributed by atoms with Crippen LogP contribution in [-0.4, -0.2) is 98.9 Å². The van der Waals surface area contributed by atoms with Crippen LogP contribution in [-0.2, 0) is 27.9 Å². The summed E-state index contributed by atoms with van der Waals surface area (Å²) in [5.74, 6) is -0.509. The highest BCUT2D eigenvalue weighted by atomic mass is 31.2. The van der Waals surface area contributed by atoms with E-state index >= 15 is 0 Å². The first-order chi connectivity index (χ1) is 33.0. The quantitative estimate of drug-likeness (QED) is 0.0147. The number of aliphatic hydroxyl groups excluding tert-OH is 5. The molecular formula is C55H89O12P. The fourth-order valence-electron chi connectivity index (χ4n) is 6.88. The van der Waals surface area contributed by atoms with Gasteiger partial charge in [-0.2, -0.15) is 0 Å². The van der Waals surface area contributed by atoms with E-state index in [0.29, 0.717) is 13.0 Å². The number of phosphoric acid groups is 1. The monoisotopic (exact) mass is 973 g/mol. The van der Waals surface area contributed by atoms with Crippen molar-refractivity contribution < 1.29 is 58.3 Å². The Kier molecular flexibility index (Phi) is 40.4. The van der Waals surface area contributed by atoms with Gasteiger partial charge < -0.3 is 39.9 Å². The summed E-state index contributed by atoms with van der Waals surface area (Å²) in [6, 6.07) is 0. The van der Waals surface area contributed by atoms with Gasteiger partial charge in [-0.25, -0.2) is 4.57 Å². The Bertz CT molecular complexity index is 1580. The Labute approximate surface area is 409 Å². The lowest BCUT2D eigenvalue weighted by Crippen LogP contribution is -2.64. The van der Waals surface area contributed by atoms with Crippen LogP contribution in [0.5, 0.6) is 0 Å². The first-order valence-corrected chi connectivity index (χ1v) is 26.9. The minimum atomic E-state index is -5.05. The van der Waals surface area contributed by atoms with Crippen molar-refractivity contribution in [3.05, 3.63) is 122 Å². The predicted molar refractivity (Wildman–Crippen MR) is 276 cm³/mol. The van der Waals surface area contributed by atoms with Crippen LogP contribution in [0.25, 0.3) is 0 Å². The normalized spacial score (nSPS) is 22.2. The second kappa shape index (κ2) is 43.7. The fraction of sp³-hybridized carbons (Fsp3) is 0.618. The molecule has 12 nitrogen and oxygen atoms in total. The number of esters is 1. The average molecular weight is 973 g/mol. The van der Waals surface area contributed by atoms with Crippen LogP contribution < -0.4 is 0 Å². The SMILES string of the molecule is CC/C=C\C/C=C\C/C=C\C/C=C\C/C=C\C/C=C\C/C=C\CCCCOCC(COP(=O)(O)OC1C(O)C(O)C(O)C(O)C1O)OC(=O)CCCCCCCCC/C=C\C/C=C\C/C=C\CC. The van der Waals surface area contributed by atoms with E-state index in [0.717, 1.165) is 128 Å². The number of hydrogen-bond acceptors (Lipinski definition) is 11. The van der Waals surface area contributed by atoms with Gasteiger partial charge in [0.05, 0.1) is 13.2 Å². The van der Waals surface area contributed by atoms with Gasteiger partial charge in [0.15, 0.2) is 0 Å². The molecule has 68 heavy (non-hydrogen) atoms. The molecule has 6 atom stereocenters. The minimum Gasteiger partial charge on any atom is -0.457 e. The van der Waals surface area contributed by atoms with Gasteiger partial charge in [0.2, 0.25) is 0 Å². The fourth-order valence-corrected chi connectivity index (χ4v) is 7.85. The summed E-state index contributed by atoms with van der Waals surface area (Å²) < 4.78 is 34.2. The van der Waals surface area contributed by atoms with Gasteiger partial charge in [-0.1, -0.05) is 167 Å². The van der Waals surface area contributed by atoms with Crippen molar-refractivity contribution in [1.82, 2.24) is 0 Å². The zero-order valence-corrected chi connectivity index (χ0v) is 42.2. The lowest BCUT2D eigenvalue weighted by atomic mass is 9.85. The van der Waals surface area contributed by atoms with Gasteiger partial charge in [0, 0.05) is 13.0 Å². The van der Waals surface area contributed by atoms with Crippen molar-refractivity contribution in [3.8, 4) is 0 Å². The molecule has 0 amide bonds. The Morgan fingerprint density at radius 3 is 1.25 bits per heavy atom. The molecule has 0 aromatic carbocycles. The van der Waals surface area contributed by atoms with Crippen LogP contribution in [0.15, 0.2) is 122 Å². The number of unbranched alkanes of at least 4 members (excludes halogenated alkanes) is 9. The molecule has 1 aliphatic carbocycles. The standard InChI is InChI=1S/C55H89O12P/c1-3-5-7-9-11-13-15-17-19-21-22-23-24-25-26-27-29-31-33-35-37-39-41-43-45-64-46-48(47-65-68(62,63)67-55-53(60)51(58)50(57)52(59)54(55)61)66-49(56)44-42-40-38-36-34-32-30-28-20-18-16-14-12-10-8-6-4-2/h5-8,11-14,17-20,22-23,25-26,29,31,35,37,48,50-55,57-61H,3-4,9-10,15-16,21,24,27-28,30,32-34,36,38-47H2,1-2H3,(H,62,63)/b7-5-,8-6-,13-11-,14-12-,19-17-,20-18-,23-22-,26-25-,31-29-,37-35-. The lowest BCUT2D eigenvalue weighted by molar-refractivity contribution is -0.220. The number of phosphoric ester groups is 1. The molecule has 0 spiro atoms. The van der Waals surface area contributed by atoms with Crippen LogP contribution in [0.2, 0.25) is 0 Å². The first kappa shape index (κ1) is 62.8. The van der Waals surface area contributed by atoms with Crippen molar-refractivity contribution >= 4 is 13.8 Å². The predicted octanol–water partition coefficient (Wildman–Crippen LogP) is 11.4. The zero-order valence-electron chi connectivity index (χ0n) is 41.3. The van der Waals surface area contributed by atoms with Crippen molar-refractivity contribution in [3.63, 3.8) is 0 Å². The molecule has 1 fully saturated rings. The van der Waals surface area contributed by atoms with E-state index < -0.39 is 63.1 Å². The molecule has 0 saturated heterocycles. The number of rotatable bonds is 41. The third-order valence-electron chi connectivity index (χ3n) is 10.8. The Balaban J connectivity index is 2.41. The minimum absolute atomic E-state index is 0.120. The van der Waals surface area contributed by atoms with Crippen molar-refractivity contribution in [2.75, 3.05) is 19.8 Å². The topological polar surface area (TPSA) is 192 Å². The third-order valence-corrected chi connectivity index (χ3v) is 11.8. The maximum Gasteiger partial charge on any atom is 0.472 e. The third kappa shape index (κ3) is 34.9. The summed E-state index contributed by atoms with van der Waals surface area (Å²) >= 11 is 0. The van der Waals surface area contributed by atoms with E-state index in [4.69, 9.17) is 18.5 Å². The maximum atomic E-state index is 12.9. The van der Waals surface area contributed by atoms with Crippen LogP contribution >= 0.6 is 7.82 Å². The van der Waals surface area contributed by atoms with E-state index in [-0.39, 0.29) is 13.0 Å². The van der Waals surface area contributed by atoms with Gasteiger partial charge in [0.1, 0.15) is 42.7 Å². The summed E-state index contributed by atoms with van der Waals surface area (Å²) in [6.07, 6.45) is 51.2. The molecule has 6 unspecified atom stereocenters. The number of ether oxygens (including phenoxy) is 2. The van der Waals surface area contributed by atoms with Crippen molar-refractivity contribution in [2.45, 2.75) is 198 Å². The largest absolute Gasteiger partial charge is 0.472 e. The summed E-state index contributed by atoms with van der Waals surface area (Å²) in [6.45, 7) is 3.90. The molecule has 0 aliphatic heterocycles. The molecule has 1 aliphatic rings. The van der Waals surface area contributed by atoms with Gasteiger partial charge >= 0.3 is 13.8 Å². The van der Waals surface area contributed by atoms with E-state index in [1.54, 1.807) is 0 Å². The molecule has 13 heteroatoms. The van der Waals surface area contributed by atoms with E-state index in [1.807, 2.05) is 0 Å². The number of carbonyl (C=O) groups is 1. The Morgan fingerprint density at radius 1 is 0.471 bits per heavy atom. The number of allylic oxidation sites excluding steroid dienone is 20. The van der Waals surface area contributed by atoms with Crippen LogP contribution in [0.4, 0.5) is 0 Å². The lowest BCUT2D eigenvalue weighted by Gasteiger charge is -2.41. The molecule has 0 heterocycles. The highest BCUT2D eigenvalue weighted by Crippen LogP contribution is 2.47. The second-order valence-electron chi connectivity index (χ2n) is 16.9. The smallest absolute Gasteiger partial charge is 0.457 e. The van der Waals surface area contributed by atoms with Crippen LogP contribution in [0.3, 0.4) is 0 Å². The molecule has 0 aromatic rings. The van der Waals surface area contributed by atoms with E-state index in [1.165, 1.54) is 0 Å². The summed E-state index contributed by atoms with van der Waals surface area (Å²) in [4.78, 5) is 23.2. The molecule has 0 radical (unpaired) electrons. The molecule has 6 N–H and O–H groups in total. The highest BCUT2D eigenvalue weighted by molar-refractivity contribution is 7.47. The van der Waals surface area contributed by atoms with Gasteiger partial charge in [0.25, 0.3) is 0 Å². The highest BCUT2D eigenvalue weighted by Gasteiger charge is 2.51. The van der Waals surface area contributed by atoms with Gasteiger partial charge in [-0.05, 0) is 103 Å². The Morgan fingerprint density at radius 2 is 0.824 bits per heavy atom. The van der Waals surface area contributed by atoms with E-state index in [2.05, 4.69) is 135 Å². The molecule has 1 rings (SSSR count). The number of aliphatic hydroxyl groups is 5. The van der Waals surface area contributed by atoms with Crippen molar-refractivity contribution in [1.29, 1.82) is 0 Å². The molecule has 0 aromatic heterocycles. The second-order valence-corrected chi connectivity index (χ2v) is 18.3. The average Bonchev–Trinajstić information content (AvgIpc) is 3.32. The van der Waals surface area contributed by atoms with Gasteiger partial charge in [-0.3, -0.25) is 13.8 Å². The Hall–Kier alpha value is -3.26. The van der Waals surface area contributed by atoms with Crippen LogP contribution in [0.1, 0.15) is 155 Å². The summed E-state index contributed by atoms with van der Waals surface area (Å²) in [7, 11) is -5.05. The maximum absolute atomic E-state index is 12.9. The molecule has 0 bridgehead atoms. The van der Waals surface area contributed by atoms with Gasteiger partial charge in [-0.15, -0.1) is 0 Å². The number of carbonyl (C=O) groups excluding carboxylic acids is 1.